The van der Waals surface area contributed by atoms with Gasteiger partial charge in [0.05, 0.1) is 6.54 Å². The van der Waals surface area contributed by atoms with Crippen LogP contribution in [0.25, 0.3) is 0 Å². The molecule has 0 aliphatic rings. The molecular weight excluding hydrogens is 185 g/mol. The molecule has 0 bridgehead atoms. The summed E-state index contributed by atoms with van der Waals surface area (Å²) in [5.41, 5.74) is 4.80. The molecule has 1 amide bonds. The molecule has 6 heteroatoms. The number of amides is 1. The fourth-order valence-corrected chi connectivity index (χ4v) is 0.787. The van der Waals surface area contributed by atoms with Crippen molar-refractivity contribution in [3.8, 4) is 0 Å². The van der Waals surface area contributed by atoms with Crippen molar-refractivity contribution in [2.24, 2.45) is 5.73 Å². The van der Waals surface area contributed by atoms with E-state index in [-0.39, 0.29) is 13.0 Å². The highest BCUT2D eigenvalue weighted by Gasteiger charge is 2.25. The molecule has 0 aliphatic heterocycles. The quantitative estimate of drug-likeness (QED) is 0.620. The molecule has 78 valence electrons. The van der Waals surface area contributed by atoms with Crippen molar-refractivity contribution in [2.45, 2.75) is 25.4 Å². The van der Waals surface area contributed by atoms with E-state index in [0.717, 1.165) is 0 Å². The standard InChI is InChI=1S/C7H13F3N2O/c8-7(9,10)3-1-2-4-12-5-6(11)13/h12H,1-5H2,(H2,11,13). The molecule has 0 rings (SSSR count). The average Bonchev–Trinajstić information content (AvgIpc) is 1.93. The van der Waals surface area contributed by atoms with E-state index in [1.54, 1.807) is 0 Å². The summed E-state index contributed by atoms with van der Waals surface area (Å²) in [6, 6.07) is 0. The molecule has 0 aromatic heterocycles. The molecule has 0 saturated heterocycles. The van der Waals surface area contributed by atoms with Crippen molar-refractivity contribution in [3.05, 3.63) is 0 Å². The Morgan fingerprint density at radius 1 is 1.31 bits per heavy atom. The topological polar surface area (TPSA) is 55.1 Å². The first-order valence-electron chi connectivity index (χ1n) is 3.97. The number of hydrogen-bond acceptors (Lipinski definition) is 2. The van der Waals surface area contributed by atoms with Gasteiger partial charge in [0, 0.05) is 6.42 Å². The number of carbonyl (C=O) groups is 1. The maximum atomic E-state index is 11.6. The van der Waals surface area contributed by atoms with Crippen LogP contribution in [-0.4, -0.2) is 25.2 Å². The zero-order chi connectivity index (χ0) is 10.3. The van der Waals surface area contributed by atoms with Crippen LogP contribution in [-0.2, 0) is 4.79 Å². The Morgan fingerprint density at radius 3 is 2.38 bits per heavy atom. The van der Waals surface area contributed by atoms with Crippen LogP contribution < -0.4 is 11.1 Å². The van der Waals surface area contributed by atoms with Gasteiger partial charge in [0.2, 0.25) is 5.91 Å². The van der Waals surface area contributed by atoms with E-state index < -0.39 is 18.5 Å². The van der Waals surface area contributed by atoms with Gasteiger partial charge in [-0.2, -0.15) is 13.2 Å². The van der Waals surface area contributed by atoms with Gasteiger partial charge in [0.15, 0.2) is 0 Å². The summed E-state index contributed by atoms with van der Waals surface area (Å²) in [6.07, 6.45) is -4.38. The number of carbonyl (C=O) groups excluding carboxylic acids is 1. The van der Waals surface area contributed by atoms with E-state index in [0.29, 0.717) is 13.0 Å². The van der Waals surface area contributed by atoms with E-state index in [9.17, 15) is 18.0 Å². The molecule has 0 unspecified atom stereocenters. The monoisotopic (exact) mass is 198 g/mol. The molecular formula is C7H13F3N2O. The number of nitrogens with two attached hydrogens (primary N) is 1. The molecule has 0 atom stereocenters. The highest BCUT2D eigenvalue weighted by atomic mass is 19.4. The molecule has 0 heterocycles. The molecule has 0 fully saturated rings. The minimum atomic E-state index is -4.08. The third-order valence-electron chi connectivity index (χ3n) is 1.36. The molecule has 0 spiro atoms. The third-order valence-corrected chi connectivity index (χ3v) is 1.36. The van der Waals surface area contributed by atoms with E-state index in [1.165, 1.54) is 0 Å². The maximum absolute atomic E-state index is 11.6. The number of alkyl halides is 3. The van der Waals surface area contributed by atoms with Crippen molar-refractivity contribution in [3.63, 3.8) is 0 Å². The Bertz CT molecular complexity index is 158. The summed E-state index contributed by atoms with van der Waals surface area (Å²) < 4.78 is 34.8. The van der Waals surface area contributed by atoms with Gasteiger partial charge in [-0.1, -0.05) is 0 Å². The highest BCUT2D eigenvalue weighted by molar-refractivity contribution is 5.75. The van der Waals surface area contributed by atoms with Crippen LogP contribution >= 0.6 is 0 Å². The smallest absolute Gasteiger partial charge is 0.369 e. The Kier molecular flexibility index (Phi) is 5.45. The number of unbranched alkanes of at least 4 members (excludes halogenated alkanes) is 1. The third kappa shape index (κ3) is 11.2. The van der Waals surface area contributed by atoms with E-state index >= 15 is 0 Å². The first-order valence-corrected chi connectivity index (χ1v) is 3.97. The minimum Gasteiger partial charge on any atom is -0.369 e. The Labute approximate surface area is 74.5 Å². The van der Waals surface area contributed by atoms with Gasteiger partial charge in [-0.3, -0.25) is 4.79 Å². The number of hydrogen-bond donors (Lipinski definition) is 2. The van der Waals surface area contributed by atoms with Gasteiger partial charge in [-0.15, -0.1) is 0 Å². The molecule has 3 N–H and O–H groups in total. The Hall–Kier alpha value is -0.780. The van der Waals surface area contributed by atoms with Crippen LogP contribution in [0.5, 0.6) is 0 Å². The predicted molar refractivity (Wildman–Crippen MR) is 42.0 cm³/mol. The second-order valence-electron chi connectivity index (χ2n) is 2.72. The summed E-state index contributed by atoms with van der Waals surface area (Å²) in [5, 5.41) is 2.63. The molecule has 0 aromatic rings. The zero-order valence-corrected chi connectivity index (χ0v) is 7.16. The van der Waals surface area contributed by atoms with Gasteiger partial charge in [0.1, 0.15) is 0 Å². The van der Waals surface area contributed by atoms with Crippen LogP contribution in [0, 0.1) is 0 Å². The normalized spacial score (nSPS) is 11.6. The van der Waals surface area contributed by atoms with Crippen LogP contribution in [0.3, 0.4) is 0 Å². The zero-order valence-electron chi connectivity index (χ0n) is 7.16. The maximum Gasteiger partial charge on any atom is 0.389 e. The van der Waals surface area contributed by atoms with Crippen LogP contribution in [0.1, 0.15) is 19.3 Å². The fraction of sp³-hybridized carbons (Fsp3) is 0.857. The molecule has 3 nitrogen and oxygen atoms in total. The van der Waals surface area contributed by atoms with Gasteiger partial charge in [-0.25, -0.2) is 0 Å². The molecule has 0 radical (unpaired) electrons. The van der Waals surface area contributed by atoms with E-state index in [4.69, 9.17) is 5.73 Å². The largest absolute Gasteiger partial charge is 0.389 e. The lowest BCUT2D eigenvalue weighted by molar-refractivity contribution is -0.135. The lowest BCUT2D eigenvalue weighted by atomic mass is 10.2. The first kappa shape index (κ1) is 12.2. The first-order chi connectivity index (χ1) is 5.92. The summed E-state index contributed by atoms with van der Waals surface area (Å²) in [7, 11) is 0. The van der Waals surface area contributed by atoms with Crippen molar-refractivity contribution in [1.29, 1.82) is 0 Å². The van der Waals surface area contributed by atoms with Crippen LogP contribution in [0.4, 0.5) is 13.2 Å². The second-order valence-corrected chi connectivity index (χ2v) is 2.72. The Balaban J connectivity index is 3.13. The number of halogens is 3. The highest BCUT2D eigenvalue weighted by Crippen LogP contribution is 2.21. The number of primary amides is 1. The summed E-state index contributed by atoms with van der Waals surface area (Å²) in [5.74, 6) is -0.504. The van der Waals surface area contributed by atoms with E-state index in [1.807, 2.05) is 0 Å². The molecule has 0 aromatic carbocycles. The van der Waals surface area contributed by atoms with Crippen molar-refractivity contribution in [2.75, 3.05) is 13.1 Å². The molecule has 0 aliphatic carbocycles. The van der Waals surface area contributed by atoms with E-state index in [2.05, 4.69) is 5.32 Å². The Morgan fingerprint density at radius 2 is 1.92 bits per heavy atom. The summed E-state index contributed by atoms with van der Waals surface area (Å²) in [4.78, 5) is 10.2. The SMILES string of the molecule is NC(=O)CNCCCCC(F)(F)F. The van der Waals surface area contributed by atoms with Crippen LogP contribution in [0.15, 0.2) is 0 Å². The lowest BCUT2D eigenvalue weighted by Gasteiger charge is -2.05. The van der Waals surface area contributed by atoms with Crippen molar-refractivity contribution in [1.82, 2.24) is 5.32 Å². The van der Waals surface area contributed by atoms with Crippen LogP contribution in [0.2, 0.25) is 0 Å². The fourth-order valence-electron chi connectivity index (χ4n) is 0.787. The molecule has 0 saturated carbocycles. The van der Waals surface area contributed by atoms with Crippen molar-refractivity contribution < 1.29 is 18.0 Å². The average molecular weight is 198 g/mol. The van der Waals surface area contributed by atoms with Gasteiger partial charge in [-0.05, 0) is 19.4 Å². The second kappa shape index (κ2) is 5.80. The van der Waals surface area contributed by atoms with Crippen molar-refractivity contribution >= 4 is 5.91 Å². The minimum absolute atomic E-state index is 0.0199. The predicted octanol–water partition coefficient (Wildman–Crippen LogP) is 0.794. The summed E-state index contributed by atoms with van der Waals surface area (Å²) in [6.45, 7) is 0.408. The van der Waals surface area contributed by atoms with Gasteiger partial charge >= 0.3 is 6.18 Å². The summed E-state index contributed by atoms with van der Waals surface area (Å²) >= 11 is 0. The lowest BCUT2D eigenvalue weighted by Crippen LogP contribution is -2.29. The molecule has 13 heavy (non-hydrogen) atoms. The number of rotatable bonds is 6. The van der Waals surface area contributed by atoms with Gasteiger partial charge in [0.25, 0.3) is 0 Å². The number of nitrogens with one attached hydrogen (secondary N) is 1. The van der Waals surface area contributed by atoms with Gasteiger partial charge < -0.3 is 11.1 Å².